The molecule has 5 N–H and O–H groups in total. The zero-order valence-electron chi connectivity index (χ0n) is 20.6. The molecule has 1 saturated carbocycles. The van der Waals surface area contributed by atoms with E-state index in [1.165, 1.54) is 24.3 Å². The summed E-state index contributed by atoms with van der Waals surface area (Å²) >= 11 is 1.13. The van der Waals surface area contributed by atoms with E-state index in [0.717, 1.165) is 30.6 Å². The van der Waals surface area contributed by atoms with Crippen molar-refractivity contribution in [3.05, 3.63) is 34.7 Å². The van der Waals surface area contributed by atoms with Crippen LogP contribution in [-0.2, 0) is 14.2 Å². The lowest BCUT2D eigenvalue weighted by atomic mass is 10.1. The molecule has 0 bridgehead atoms. The molecule has 3 amide bonds. The fraction of sp³-hybridized carbons (Fsp3) is 0.560. The largest absolute Gasteiger partial charge is 0.393 e. The maximum Gasteiger partial charge on any atom is 0.363 e. The van der Waals surface area contributed by atoms with Gasteiger partial charge in [0.25, 0.3) is 5.91 Å². The fourth-order valence-corrected chi connectivity index (χ4v) is 7.38. The van der Waals surface area contributed by atoms with Gasteiger partial charge in [0.1, 0.15) is 12.1 Å². The van der Waals surface area contributed by atoms with Gasteiger partial charge < -0.3 is 30.4 Å². The Kier molecular flexibility index (Phi) is 7.63. The molecule has 10 nitrogen and oxygen atoms in total. The van der Waals surface area contributed by atoms with E-state index >= 15 is 0 Å². The van der Waals surface area contributed by atoms with Gasteiger partial charge in [-0.15, -0.1) is 11.3 Å². The monoisotopic (exact) mass is 567 g/mol. The normalized spacial score (nSPS) is 28.7. The molecule has 3 fully saturated rings. The number of fused-ring (bicyclic) bond motifs is 2. The van der Waals surface area contributed by atoms with Crippen LogP contribution >= 0.6 is 18.9 Å². The Morgan fingerprint density at radius 3 is 2.58 bits per heavy atom. The molecule has 3 heterocycles. The van der Waals surface area contributed by atoms with Crippen LogP contribution in [0.3, 0.4) is 0 Å². The van der Waals surface area contributed by atoms with Crippen molar-refractivity contribution in [3.8, 4) is 0 Å². The van der Waals surface area contributed by atoms with Crippen LogP contribution in [0.2, 0.25) is 0 Å². The number of rotatable bonds is 6. The summed E-state index contributed by atoms with van der Waals surface area (Å²) in [6.45, 7) is 0. The van der Waals surface area contributed by atoms with Gasteiger partial charge in [0.2, 0.25) is 17.7 Å². The number of amides is 3. The predicted octanol–water partition coefficient (Wildman–Crippen LogP) is 2.72. The molecule has 38 heavy (non-hydrogen) atoms. The summed E-state index contributed by atoms with van der Waals surface area (Å²) in [5.41, 5.74) is -0.175. The second kappa shape index (κ2) is 10.7. The number of nitrogens with zero attached hydrogens (tertiary/aromatic N) is 1. The SMILES string of the molecule is O=C(N[C@H]1CCC[C@H]2CC[C@@H](C(=O)N[C@@H]3CC[C@H](O)C3)N2C1=O)c1cc2cc(C(F)P(=O)(O)O)ccc2s1. The van der Waals surface area contributed by atoms with Crippen molar-refractivity contribution in [2.75, 3.05) is 0 Å². The molecule has 1 unspecified atom stereocenters. The van der Waals surface area contributed by atoms with Crippen molar-refractivity contribution in [1.29, 1.82) is 0 Å². The molecular weight excluding hydrogens is 536 g/mol. The highest BCUT2D eigenvalue weighted by molar-refractivity contribution is 7.51. The zero-order chi connectivity index (χ0) is 27.2. The number of halogens is 1. The van der Waals surface area contributed by atoms with Gasteiger partial charge in [-0.25, -0.2) is 4.39 Å². The molecule has 2 aliphatic heterocycles. The van der Waals surface area contributed by atoms with Crippen molar-refractivity contribution in [3.63, 3.8) is 0 Å². The maximum absolute atomic E-state index is 14.1. The first-order valence-corrected chi connectivity index (χ1v) is 15.4. The van der Waals surface area contributed by atoms with Crippen molar-refractivity contribution < 1.29 is 38.2 Å². The van der Waals surface area contributed by atoms with E-state index in [9.17, 15) is 28.4 Å². The van der Waals surface area contributed by atoms with Gasteiger partial charge in [0.05, 0.1) is 11.0 Å². The minimum absolute atomic E-state index is 0.0558. The lowest BCUT2D eigenvalue weighted by Gasteiger charge is -2.31. The van der Waals surface area contributed by atoms with E-state index in [0.29, 0.717) is 42.2 Å². The highest BCUT2D eigenvalue weighted by atomic mass is 32.1. The van der Waals surface area contributed by atoms with Crippen LogP contribution in [0.4, 0.5) is 4.39 Å². The first kappa shape index (κ1) is 27.2. The summed E-state index contributed by atoms with van der Waals surface area (Å²) in [5, 5.41) is 16.0. The van der Waals surface area contributed by atoms with Gasteiger partial charge in [0.15, 0.2) is 0 Å². The first-order chi connectivity index (χ1) is 18.0. The van der Waals surface area contributed by atoms with E-state index in [-0.39, 0.29) is 34.3 Å². The van der Waals surface area contributed by atoms with Crippen molar-refractivity contribution in [2.24, 2.45) is 0 Å². The van der Waals surface area contributed by atoms with Crippen LogP contribution in [0.5, 0.6) is 0 Å². The number of carbonyl (C=O) groups is 3. The fourth-order valence-electron chi connectivity index (χ4n) is 5.88. The molecule has 2 aromatic rings. The molecule has 1 aliphatic carbocycles. The van der Waals surface area contributed by atoms with Crippen molar-refractivity contribution in [2.45, 2.75) is 87.6 Å². The number of nitrogens with one attached hydrogen (secondary N) is 2. The lowest BCUT2D eigenvalue weighted by molar-refractivity contribution is -0.141. The molecule has 1 aromatic carbocycles. The van der Waals surface area contributed by atoms with E-state index in [2.05, 4.69) is 10.6 Å². The average molecular weight is 568 g/mol. The standard InChI is InChI=1S/C25H31FN3O7PS/c26-22(37(34,35)36)13-4-9-20-14(10-13)11-21(38-20)24(32)28-18-3-1-2-16-6-8-19(29(16)25(18)33)23(31)27-15-5-7-17(30)12-15/h4,9-11,15-19,22,30H,1-3,5-8,12H2,(H,27,31)(H,28,32)(H2,34,35,36)/t15-,16+,17+,18+,19+,22?/m1/s1. The number of alkyl halides is 1. The summed E-state index contributed by atoms with van der Waals surface area (Å²) in [4.78, 5) is 59.9. The molecule has 0 radical (unpaired) electrons. The lowest BCUT2D eigenvalue weighted by Crippen LogP contribution is -2.55. The molecule has 2 saturated heterocycles. The van der Waals surface area contributed by atoms with E-state index in [1.54, 1.807) is 4.90 Å². The smallest absolute Gasteiger partial charge is 0.363 e. The van der Waals surface area contributed by atoms with Gasteiger partial charge >= 0.3 is 7.60 Å². The van der Waals surface area contributed by atoms with Crippen LogP contribution in [0, 0.1) is 0 Å². The Labute approximate surface area is 222 Å². The van der Waals surface area contributed by atoms with Gasteiger partial charge in [-0.2, -0.15) is 0 Å². The summed E-state index contributed by atoms with van der Waals surface area (Å²) < 4.78 is 26.1. The maximum atomic E-state index is 14.1. The molecule has 0 spiro atoms. The van der Waals surface area contributed by atoms with E-state index in [4.69, 9.17) is 9.79 Å². The minimum Gasteiger partial charge on any atom is -0.393 e. The van der Waals surface area contributed by atoms with Crippen LogP contribution in [0.15, 0.2) is 24.3 Å². The molecule has 1 aromatic heterocycles. The molecule has 206 valence electrons. The highest BCUT2D eigenvalue weighted by Crippen LogP contribution is 2.53. The molecular formula is C25H31FN3O7PS. The van der Waals surface area contributed by atoms with Gasteiger partial charge in [-0.3, -0.25) is 18.9 Å². The van der Waals surface area contributed by atoms with Gasteiger partial charge in [-0.05, 0) is 80.5 Å². The number of aliphatic hydroxyl groups excluding tert-OH is 1. The van der Waals surface area contributed by atoms with Crippen molar-refractivity contribution >= 4 is 46.7 Å². The Morgan fingerprint density at radius 2 is 1.87 bits per heavy atom. The van der Waals surface area contributed by atoms with Gasteiger partial charge in [-0.1, -0.05) is 6.07 Å². The number of carbonyl (C=O) groups excluding carboxylic acids is 3. The van der Waals surface area contributed by atoms with Crippen LogP contribution in [-0.4, -0.2) is 67.8 Å². The van der Waals surface area contributed by atoms with Crippen LogP contribution in [0.1, 0.15) is 72.5 Å². The van der Waals surface area contributed by atoms with Crippen molar-refractivity contribution in [1.82, 2.24) is 15.5 Å². The average Bonchev–Trinajstić information content (AvgIpc) is 3.57. The second-order valence-corrected chi connectivity index (χ2v) is 13.2. The summed E-state index contributed by atoms with van der Waals surface area (Å²) in [6.07, 6.45) is 4.64. The molecule has 6 atom stereocenters. The number of thiophene rings is 1. The Bertz CT molecular complexity index is 1300. The molecule has 13 heteroatoms. The third-order valence-electron chi connectivity index (χ3n) is 7.78. The summed E-state index contributed by atoms with van der Waals surface area (Å²) in [7, 11) is -4.96. The first-order valence-electron chi connectivity index (χ1n) is 12.9. The van der Waals surface area contributed by atoms with E-state index < -0.39 is 37.6 Å². The quantitative estimate of drug-likeness (QED) is 0.336. The number of hydrogen-bond acceptors (Lipinski definition) is 6. The predicted molar refractivity (Wildman–Crippen MR) is 138 cm³/mol. The third-order valence-corrected chi connectivity index (χ3v) is 9.78. The number of aliphatic hydroxyl groups is 1. The summed E-state index contributed by atoms with van der Waals surface area (Å²) in [6, 6.07) is 4.06. The minimum atomic E-state index is -4.96. The Hall–Kier alpha value is -2.37. The number of benzene rings is 1. The van der Waals surface area contributed by atoms with Crippen LogP contribution < -0.4 is 10.6 Å². The number of hydrogen-bond donors (Lipinski definition) is 5. The topological polar surface area (TPSA) is 156 Å². The third kappa shape index (κ3) is 5.51. The Balaban J connectivity index is 1.29. The zero-order valence-corrected chi connectivity index (χ0v) is 22.3. The van der Waals surface area contributed by atoms with Crippen LogP contribution in [0.25, 0.3) is 10.1 Å². The Morgan fingerprint density at radius 1 is 1.08 bits per heavy atom. The van der Waals surface area contributed by atoms with Gasteiger partial charge in [0, 0.05) is 16.8 Å². The van der Waals surface area contributed by atoms with E-state index in [1.807, 2.05) is 0 Å². The highest BCUT2D eigenvalue weighted by Gasteiger charge is 2.45. The molecule has 5 rings (SSSR count). The summed E-state index contributed by atoms with van der Waals surface area (Å²) in [5.74, 6) is -3.43. The second-order valence-electron chi connectivity index (χ2n) is 10.5. The molecule has 3 aliphatic rings.